The molecule has 0 atom stereocenters. The highest BCUT2D eigenvalue weighted by molar-refractivity contribution is 8.04. The molecule has 1 aliphatic heterocycles. The summed E-state index contributed by atoms with van der Waals surface area (Å²) in [4.78, 5) is 28.8. The number of hydrogen-bond donors (Lipinski definition) is 2. The Morgan fingerprint density at radius 2 is 1.82 bits per heavy atom. The fraction of sp³-hybridized carbons (Fsp3) is 0.385. The fourth-order valence-corrected chi connectivity index (χ4v) is 4.49. The summed E-state index contributed by atoms with van der Waals surface area (Å²) in [6.45, 7) is 7.89. The number of rotatable bonds is 11. The lowest BCUT2D eigenvalue weighted by molar-refractivity contribution is -0.112. The zero-order valence-electron chi connectivity index (χ0n) is 19.3. The zero-order valence-corrected chi connectivity index (χ0v) is 20.1. The SMILES string of the molecule is CCCCN(CCCC)CCNC(=O)c1ccc2c(c1)NC(=O)/C(=C\c1ccccc1F)S2. The van der Waals surface area contributed by atoms with Crippen molar-refractivity contribution in [1.82, 2.24) is 10.2 Å². The van der Waals surface area contributed by atoms with E-state index >= 15 is 0 Å². The molecule has 33 heavy (non-hydrogen) atoms. The van der Waals surface area contributed by atoms with Gasteiger partial charge in [-0.3, -0.25) is 9.59 Å². The summed E-state index contributed by atoms with van der Waals surface area (Å²) >= 11 is 1.27. The number of anilines is 1. The summed E-state index contributed by atoms with van der Waals surface area (Å²) in [6, 6.07) is 11.6. The van der Waals surface area contributed by atoms with Crippen molar-refractivity contribution in [2.45, 2.75) is 44.4 Å². The third kappa shape index (κ3) is 7.17. The Kier molecular flexibility index (Phi) is 9.51. The average Bonchev–Trinajstić information content (AvgIpc) is 2.81. The van der Waals surface area contributed by atoms with Gasteiger partial charge in [0.25, 0.3) is 11.8 Å². The van der Waals surface area contributed by atoms with Crippen LogP contribution in [0.15, 0.2) is 52.3 Å². The van der Waals surface area contributed by atoms with Crippen LogP contribution in [-0.2, 0) is 4.79 Å². The predicted molar refractivity (Wildman–Crippen MR) is 134 cm³/mol. The predicted octanol–water partition coefficient (Wildman–Crippen LogP) is 5.54. The van der Waals surface area contributed by atoms with Crippen LogP contribution in [0.5, 0.6) is 0 Å². The second-order valence-electron chi connectivity index (χ2n) is 8.10. The summed E-state index contributed by atoms with van der Waals surface area (Å²) in [5.41, 5.74) is 1.46. The normalized spacial score (nSPS) is 14.3. The lowest BCUT2D eigenvalue weighted by Crippen LogP contribution is -2.36. The summed E-state index contributed by atoms with van der Waals surface area (Å²) in [6.07, 6.45) is 6.18. The van der Waals surface area contributed by atoms with Gasteiger partial charge in [0.15, 0.2) is 0 Å². The minimum atomic E-state index is -0.376. The Hall–Kier alpha value is -2.64. The van der Waals surface area contributed by atoms with Gasteiger partial charge in [-0.05, 0) is 56.3 Å². The highest BCUT2D eigenvalue weighted by atomic mass is 32.2. The van der Waals surface area contributed by atoms with Crippen molar-refractivity contribution in [3.63, 3.8) is 0 Å². The van der Waals surface area contributed by atoms with Crippen LogP contribution in [0.1, 0.15) is 55.5 Å². The van der Waals surface area contributed by atoms with Crippen LogP contribution >= 0.6 is 11.8 Å². The summed E-state index contributed by atoms with van der Waals surface area (Å²) in [5, 5.41) is 5.82. The number of carbonyl (C=O) groups is 2. The number of thioether (sulfide) groups is 1. The molecular weight excluding hydrogens is 437 g/mol. The minimum absolute atomic E-state index is 0.157. The number of nitrogens with zero attached hydrogens (tertiary/aromatic N) is 1. The average molecular weight is 470 g/mol. The standard InChI is InChI=1S/C26H32FN3O2S/c1-3-5-14-30(15-6-4-2)16-13-28-25(31)20-11-12-23-22(17-20)29-26(32)24(33-23)18-19-9-7-8-10-21(19)27/h7-12,17-18H,3-6,13-16H2,1-2H3,(H,28,31)(H,29,32)/b24-18+. The van der Waals surface area contributed by atoms with Crippen molar-refractivity contribution in [2.75, 3.05) is 31.5 Å². The zero-order chi connectivity index (χ0) is 23.6. The van der Waals surface area contributed by atoms with Gasteiger partial charge in [0, 0.05) is 29.1 Å². The maximum atomic E-state index is 14.0. The Labute approximate surface area is 199 Å². The number of carbonyl (C=O) groups excluding carboxylic acids is 2. The second-order valence-corrected chi connectivity index (χ2v) is 9.19. The molecule has 7 heteroatoms. The van der Waals surface area contributed by atoms with Gasteiger partial charge in [-0.15, -0.1) is 0 Å². The molecule has 1 heterocycles. The molecule has 0 saturated carbocycles. The number of hydrogen-bond acceptors (Lipinski definition) is 4. The Bertz CT molecular complexity index is 1000. The van der Waals surface area contributed by atoms with Crippen molar-refractivity contribution >= 4 is 35.3 Å². The van der Waals surface area contributed by atoms with Crippen molar-refractivity contribution in [1.29, 1.82) is 0 Å². The number of amides is 2. The molecular formula is C26H32FN3O2S. The first-order chi connectivity index (χ1) is 16.0. The van der Waals surface area contributed by atoms with Crippen molar-refractivity contribution in [3.05, 3.63) is 64.3 Å². The second kappa shape index (κ2) is 12.6. The molecule has 2 aromatic rings. The fourth-order valence-electron chi connectivity index (χ4n) is 3.56. The lowest BCUT2D eigenvalue weighted by atomic mass is 10.1. The van der Waals surface area contributed by atoms with Gasteiger partial charge in [-0.1, -0.05) is 56.7 Å². The van der Waals surface area contributed by atoms with E-state index in [-0.39, 0.29) is 17.6 Å². The van der Waals surface area contributed by atoms with Crippen LogP contribution in [0.3, 0.4) is 0 Å². The van der Waals surface area contributed by atoms with Gasteiger partial charge in [0.1, 0.15) is 5.82 Å². The molecule has 2 aromatic carbocycles. The van der Waals surface area contributed by atoms with Gasteiger partial charge < -0.3 is 15.5 Å². The van der Waals surface area contributed by atoms with Crippen LogP contribution in [0.2, 0.25) is 0 Å². The maximum absolute atomic E-state index is 14.0. The molecule has 5 nitrogen and oxygen atoms in total. The van der Waals surface area contributed by atoms with E-state index in [4.69, 9.17) is 0 Å². The van der Waals surface area contributed by atoms with E-state index in [1.165, 1.54) is 17.8 Å². The highest BCUT2D eigenvalue weighted by Gasteiger charge is 2.22. The minimum Gasteiger partial charge on any atom is -0.351 e. The van der Waals surface area contributed by atoms with E-state index in [0.717, 1.165) is 50.2 Å². The topological polar surface area (TPSA) is 61.4 Å². The van der Waals surface area contributed by atoms with E-state index in [2.05, 4.69) is 29.4 Å². The largest absolute Gasteiger partial charge is 0.351 e. The van der Waals surface area contributed by atoms with E-state index < -0.39 is 0 Å². The molecule has 0 spiro atoms. The Morgan fingerprint density at radius 3 is 2.52 bits per heavy atom. The molecule has 1 aliphatic rings. The quantitative estimate of drug-likeness (QED) is 0.424. The van der Waals surface area contributed by atoms with Gasteiger partial charge in [0.05, 0.1) is 10.6 Å². The molecule has 0 aromatic heterocycles. The third-order valence-electron chi connectivity index (χ3n) is 5.49. The van der Waals surface area contributed by atoms with Crippen LogP contribution in [0.4, 0.5) is 10.1 Å². The Balaban J connectivity index is 1.61. The molecule has 0 aliphatic carbocycles. The van der Waals surface area contributed by atoms with Crippen molar-refractivity contribution in [3.8, 4) is 0 Å². The molecule has 3 rings (SSSR count). The number of benzene rings is 2. The Morgan fingerprint density at radius 1 is 1.09 bits per heavy atom. The van der Waals surface area contributed by atoms with E-state index in [0.29, 0.717) is 28.3 Å². The molecule has 2 N–H and O–H groups in total. The van der Waals surface area contributed by atoms with E-state index in [9.17, 15) is 14.0 Å². The molecule has 176 valence electrons. The van der Waals surface area contributed by atoms with Crippen molar-refractivity contribution in [2.24, 2.45) is 0 Å². The number of nitrogens with one attached hydrogen (secondary N) is 2. The molecule has 0 fully saturated rings. The molecule has 0 radical (unpaired) electrons. The lowest BCUT2D eigenvalue weighted by Gasteiger charge is -2.22. The van der Waals surface area contributed by atoms with Gasteiger partial charge in [-0.2, -0.15) is 0 Å². The van der Waals surface area contributed by atoms with Gasteiger partial charge in [-0.25, -0.2) is 4.39 Å². The van der Waals surface area contributed by atoms with E-state index in [1.54, 1.807) is 36.4 Å². The molecule has 0 unspecified atom stereocenters. The molecule has 2 amide bonds. The first kappa shape index (κ1) is 25.0. The van der Waals surface area contributed by atoms with Gasteiger partial charge >= 0.3 is 0 Å². The van der Waals surface area contributed by atoms with Crippen LogP contribution in [-0.4, -0.2) is 42.9 Å². The van der Waals surface area contributed by atoms with Crippen LogP contribution < -0.4 is 10.6 Å². The monoisotopic (exact) mass is 469 g/mol. The number of unbranched alkanes of at least 4 members (excludes halogenated alkanes) is 2. The molecule has 0 saturated heterocycles. The van der Waals surface area contributed by atoms with Crippen LogP contribution in [0, 0.1) is 5.82 Å². The number of fused-ring (bicyclic) bond motifs is 1. The summed E-state index contributed by atoms with van der Waals surface area (Å²) in [5.74, 6) is -0.842. The van der Waals surface area contributed by atoms with E-state index in [1.807, 2.05) is 6.07 Å². The first-order valence-corrected chi connectivity index (χ1v) is 12.4. The summed E-state index contributed by atoms with van der Waals surface area (Å²) < 4.78 is 14.0. The van der Waals surface area contributed by atoms with Gasteiger partial charge in [0.2, 0.25) is 0 Å². The number of halogens is 1. The first-order valence-electron chi connectivity index (χ1n) is 11.6. The summed E-state index contributed by atoms with van der Waals surface area (Å²) in [7, 11) is 0. The smallest absolute Gasteiger partial charge is 0.262 e. The maximum Gasteiger partial charge on any atom is 0.262 e. The van der Waals surface area contributed by atoms with Crippen LogP contribution in [0.25, 0.3) is 6.08 Å². The molecule has 0 bridgehead atoms. The highest BCUT2D eigenvalue weighted by Crippen LogP contribution is 2.39. The third-order valence-corrected chi connectivity index (χ3v) is 6.59. The van der Waals surface area contributed by atoms with Crippen molar-refractivity contribution < 1.29 is 14.0 Å².